The number of amides is 1. The molecule has 2 heterocycles. The van der Waals surface area contributed by atoms with Gasteiger partial charge in [-0.2, -0.15) is 0 Å². The van der Waals surface area contributed by atoms with Gasteiger partial charge in [0.1, 0.15) is 11.2 Å². The van der Waals surface area contributed by atoms with Crippen LogP contribution >= 0.6 is 11.3 Å². The van der Waals surface area contributed by atoms with Gasteiger partial charge in [0.15, 0.2) is 11.5 Å². The van der Waals surface area contributed by atoms with E-state index in [1.165, 1.54) is 10.6 Å². The molecule has 3 rings (SSSR count). The number of rotatable bonds is 8. The highest BCUT2D eigenvalue weighted by Crippen LogP contribution is 2.32. The minimum atomic E-state index is -0.576. The second-order valence-corrected chi connectivity index (χ2v) is 8.84. The first-order valence-electron chi connectivity index (χ1n) is 11.1. The van der Waals surface area contributed by atoms with Gasteiger partial charge in [0.25, 0.3) is 5.56 Å². The molecule has 10 heteroatoms. The minimum absolute atomic E-state index is 0.109. The molecule has 0 unspecified atom stereocenters. The van der Waals surface area contributed by atoms with E-state index in [1.807, 2.05) is 19.9 Å². The Morgan fingerprint density at radius 3 is 2.62 bits per heavy atom. The lowest BCUT2D eigenvalue weighted by atomic mass is 10.1. The summed E-state index contributed by atoms with van der Waals surface area (Å²) in [6, 6.07) is 5.40. The molecule has 0 spiro atoms. The maximum Gasteiger partial charge on any atom is 0.333 e. The van der Waals surface area contributed by atoms with Gasteiger partial charge >= 0.3 is 5.97 Å². The average Bonchev–Trinajstić information content (AvgIpc) is 3.09. The fourth-order valence-electron chi connectivity index (χ4n) is 3.44. The Balaban J connectivity index is 2.11. The number of hydrogen-bond donors (Lipinski definition) is 0. The monoisotopic (exact) mass is 490 g/mol. The summed E-state index contributed by atoms with van der Waals surface area (Å²) in [5, 5.41) is 0. The van der Waals surface area contributed by atoms with E-state index in [4.69, 9.17) is 18.9 Å². The average molecular weight is 491 g/mol. The second-order valence-electron chi connectivity index (χ2n) is 7.77. The van der Waals surface area contributed by atoms with Crippen molar-refractivity contribution >= 4 is 35.4 Å². The predicted molar refractivity (Wildman–Crippen MR) is 129 cm³/mol. The molecule has 0 saturated carbocycles. The van der Waals surface area contributed by atoms with E-state index < -0.39 is 5.97 Å². The van der Waals surface area contributed by atoms with Gasteiger partial charge < -0.3 is 23.8 Å². The smallest absolute Gasteiger partial charge is 0.333 e. The fourth-order valence-corrected chi connectivity index (χ4v) is 4.46. The highest BCUT2D eigenvalue weighted by Gasteiger charge is 2.19. The molecular formula is C24H30N2O7S. The number of para-hydroxylation sites is 1. The van der Waals surface area contributed by atoms with Gasteiger partial charge in [0, 0.05) is 18.7 Å². The summed E-state index contributed by atoms with van der Waals surface area (Å²) in [4.78, 5) is 40.0. The molecule has 1 fully saturated rings. The number of benzene rings is 1. The zero-order valence-electron chi connectivity index (χ0n) is 19.9. The van der Waals surface area contributed by atoms with Crippen LogP contribution in [-0.4, -0.2) is 67.5 Å². The molecule has 0 N–H and O–H groups in total. The van der Waals surface area contributed by atoms with Gasteiger partial charge in [0.05, 0.1) is 43.6 Å². The SMILES string of the molecule is CCOC(=O)/C=c1\s/c(=C\c2cccc(OC)c2OC(C)C)c(=O)n1CC(=O)N1CCOCC1. The number of nitrogens with zero attached hydrogens (tertiary/aromatic N) is 2. The molecule has 0 aliphatic carbocycles. The number of esters is 1. The largest absolute Gasteiger partial charge is 0.493 e. The molecule has 1 aliphatic rings. The first kappa shape index (κ1) is 25.5. The second kappa shape index (κ2) is 11.8. The van der Waals surface area contributed by atoms with Gasteiger partial charge in [-0.05, 0) is 32.9 Å². The summed E-state index contributed by atoms with van der Waals surface area (Å²) in [5.74, 6) is 0.270. The van der Waals surface area contributed by atoms with Crippen molar-refractivity contribution < 1.29 is 28.5 Å². The van der Waals surface area contributed by atoms with Gasteiger partial charge in [-0.3, -0.25) is 14.2 Å². The van der Waals surface area contributed by atoms with Crippen molar-refractivity contribution in [1.29, 1.82) is 0 Å². The number of thiazole rings is 1. The first-order chi connectivity index (χ1) is 16.3. The highest BCUT2D eigenvalue weighted by atomic mass is 32.1. The Hall–Kier alpha value is -3.11. The van der Waals surface area contributed by atoms with Crippen LogP contribution in [0.15, 0.2) is 23.0 Å². The Bertz CT molecular complexity index is 1190. The molecule has 1 saturated heterocycles. The predicted octanol–water partition coefficient (Wildman–Crippen LogP) is 0.737. The Morgan fingerprint density at radius 2 is 1.97 bits per heavy atom. The van der Waals surface area contributed by atoms with Gasteiger partial charge in [0.2, 0.25) is 5.91 Å². The molecule has 184 valence electrons. The molecule has 2 aromatic rings. The minimum Gasteiger partial charge on any atom is -0.493 e. The van der Waals surface area contributed by atoms with Crippen molar-refractivity contribution in [3.63, 3.8) is 0 Å². The lowest BCUT2D eigenvalue weighted by molar-refractivity contribution is -0.136. The number of carbonyl (C=O) groups excluding carboxylic acids is 2. The summed E-state index contributed by atoms with van der Waals surface area (Å²) >= 11 is 1.11. The van der Waals surface area contributed by atoms with Crippen molar-refractivity contribution in [2.75, 3.05) is 40.0 Å². The third-order valence-electron chi connectivity index (χ3n) is 4.99. The van der Waals surface area contributed by atoms with Crippen LogP contribution < -0.4 is 24.2 Å². The van der Waals surface area contributed by atoms with Crippen LogP contribution in [-0.2, 0) is 25.6 Å². The third kappa shape index (κ3) is 6.27. The lowest BCUT2D eigenvalue weighted by Gasteiger charge is -2.26. The van der Waals surface area contributed by atoms with E-state index in [0.717, 1.165) is 11.3 Å². The van der Waals surface area contributed by atoms with Gasteiger partial charge in [-0.15, -0.1) is 11.3 Å². The van der Waals surface area contributed by atoms with E-state index in [9.17, 15) is 14.4 Å². The molecule has 0 atom stereocenters. The lowest BCUT2D eigenvalue weighted by Crippen LogP contribution is -2.45. The number of aromatic nitrogens is 1. The summed E-state index contributed by atoms with van der Waals surface area (Å²) in [6.45, 7) is 7.38. The van der Waals surface area contributed by atoms with Crippen molar-refractivity contribution in [2.45, 2.75) is 33.4 Å². The van der Waals surface area contributed by atoms with Crippen LogP contribution in [0.3, 0.4) is 0 Å². The van der Waals surface area contributed by atoms with Gasteiger partial charge in [-0.1, -0.05) is 12.1 Å². The number of carbonyl (C=O) groups is 2. The zero-order valence-corrected chi connectivity index (χ0v) is 20.7. The summed E-state index contributed by atoms with van der Waals surface area (Å²) in [7, 11) is 1.55. The number of methoxy groups -OCH3 is 1. The summed E-state index contributed by atoms with van der Waals surface area (Å²) < 4.78 is 23.7. The van der Waals surface area contributed by atoms with Crippen molar-refractivity contribution in [3.8, 4) is 11.5 Å². The molecule has 1 aromatic carbocycles. The Labute approximate surface area is 201 Å². The van der Waals surface area contributed by atoms with Gasteiger partial charge in [-0.25, -0.2) is 4.79 Å². The van der Waals surface area contributed by atoms with Crippen LogP contribution in [0.4, 0.5) is 0 Å². The standard InChI is InChI=1S/C24H30N2O7S/c1-5-32-22(28)14-21-26(15-20(27)25-9-11-31-12-10-25)24(29)19(34-21)13-17-7-6-8-18(30-4)23(17)33-16(2)3/h6-8,13-14,16H,5,9-12,15H2,1-4H3/b19-13-,21-14-. The zero-order chi connectivity index (χ0) is 24.7. The van der Waals surface area contributed by atoms with Crippen LogP contribution in [0.25, 0.3) is 12.2 Å². The van der Waals surface area contributed by atoms with Crippen LogP contribution in [0.2, 0.25) is 0 Å². The fraction of sp³-hybridized carbons (Fsp3) is 0.458. The van der Waals surface area contributed by atoms with E-state index in [2.05, 4.69) is 0 Å². The maximum atomic E-state index is 13.3. The molecule has 1 amide bonds. The summed E-state index contributed by atoms with van der Waals surface area (Å²) in [5.41, 5.74) is 0.279. The number of ether oxygens (including phenoxy) is 4. The Morgan fingerprint density at radius 1 is 1.24 bits per heavy atom. The summed E-state index contributed by atoms with van der Waals surface area (Å²) in [6.07, 6.45) is 2.82. The molecular weight excluding hydrogens is 460 g/mol. The highest BCUT2D eigenvalue weighted by molar-refractivity contribution is 7.07. The molecule has 0 radical (unpaired) electrons. The van der Waals surface area contributed by atoms with Crippen LogP contribution in [0.5, 0.6) is 11.5 Å². The quantitative estimate of drug-likeness (QED) is 0.504. The van der Waals surface area contributed by atoms with Crippen LogP contribution in [0, 0.1) is 0 Å². The van der Waals surface area contributed by atoms with Crippen molar-refractivity contribution in [3.05, 3.63) is 43.3 Å². The van der Waals surface area contributed by atoms with E-state index >= 15 is 0 Å². The molecule has 0 bridgehead atoms. The number of morpholine rings is 1. The Kier molecular flexibility index (Phi) is 8.89. The normalized spacial score (nSPS) is 15.0. The van der Waals surface area contributed by atoms with E-state index in [-0.39, 0.29) is 30.7 Å². The number of hydrogen-bond acceptors (Lipinski definition) is 8. The van der Waals surface area contributed by atoms with Crippen LogP contribution in [0.1, 0.15) is 26.3 Å². The molecule has 1 aliphatic heterocycles. The van der Waals surface area contributed by atoms with E-state index in [1.54, 1.807) is 37.1 Å². The first-order valence-corrected chi connectivity index (χ1v) is 11.9. The van der Waals surface area contributed by atoms with Crippen molar-refractivity contribution in [1.82, 2.24) is 9.47 Å². The van der Waals surface area contributed by atoms with E-state index in [0.29, 0.717) is 52.6 Å². The molecule has 9 nitrogen and oxygen atoms in total. The topological polar surface area (TPSA) is 96.3 Å². The van der Waals surface area contributed by atoms with Crippen molar-refractivity contribution in [2.24, 2.45) is 0 Å². The third-order valence-corrected chi connectivity index (χ3v) is 6.05. The maximum absolute atomic E-state index is 13.3. The molecule has 34 heavy (non-hydrogen) atoms. The molecule has 1 aromatic heterocycles.